The molecule has 0 spiro atoms. The zero-order chi connectivity index (χ0) is 17.6. The molecule has 0 bridgehead atoms. The predicted molar refractivity (Wildman–Crippen MR) is 89.6 cm³/mol. The van der Waals surface area contributed by atoms with Crippen molar-refractivity contribution in [1.82, 2.24) is 10.0 Å². The van der Waals surface area contributed by atoms with Crippen LogP contribution in [0.25, 0.3) is 0 Å². The molecule has 1 amide bonds. The summed E-state index contributed by atoms with van der Waals surface area (Å²) in [4.78, 5) is 11.5. The van der Waals surface area contributed by atoms with Crippen molar-refractivity contribution in [3.63, 3.8) is 0 Å². The van der Waals surface area contributed by atoms with Crippen LogP contribution in [0, 0.1) is 0 Å². The van der Waals surface area contributed by atoms with E-state index in [-0.39, 0.29) is 41.5 Å². The van der Waals surface area contributed by atoms with Crippen LogP contribution in [0.5, 0.6) is 5.75 Å². The minimum atomic E-state index is -3.62. The first-order valence-corrected chi connectivity index (χ1v) is 9.61. The van der Waals surface area contributed by atoms with Crippen LogP contribution in [0.15, 0.2) is 23.1 Å². The predicted octanol–water partition coefficient (Wildman–Crippen LogP) is 1.05. The van der Waals surface area contributed by atoms with Gasteiger partial charge in [0.25, 0.3) is 5.91 Å². The molecule has 24 heavy (non-hydrogen) atoms. The van der Waals surface area contributed by atoms with E-state index in [1.807, 2.05) is 0 Å². The monoisotopic (exact) mass is 376 g/mol. The lowest BCUT2D eigenvalue weighted by Gasteiger charge is -2.14. The number of halogens is 1. The van der Waals surface area contributed by atoms with Crippen LogP contribution < -0.4 is 14.8 Å². The lowest BCUT2D eigenvalue weighted by molar-refractivity contribution is -0.123. The Labute approximate surface area is 146 Å². The van der Waals surface area contributed by atoms with Crippen LogP contribution >= 0.6 is 11.6 Å². The molecule has 0 aromatic heterocycles. The van der Waals surface area contributed by atoms with Crippen LogP contribution in [-0.4, -0.2) is 45.2 Å². The van der Waals surface area contributed by atoms with Gasteiger partial charge in [-0.05, 0) is 31.0 Å². The second-order valence-electron chi connectivity index (χ2n) is 5.56. The van der Waals surface area contributed by atoms with Gasteiger partial charge in [0.15, 0.2) is 6.61 Å². The van der Waals surface area contributed by atoms with Gasteiger partial charge in [0, 0.05) is 12.6 Å². The highest BCUT2D eigenvalue weighted by Crippen LogP contribution is 2.28. The average Bonchev–Trinajstić information content (AvgIpc) is 3.03. The second kappa shape index (κ2) is 8.66. The molecule has 0 atom stereocenters. The molecule has 7 nitrogen and oxygen atoms in total. The maximum Gasteiger partial charge on any atom is 0.258 e. The van der Waals surface area contributed by atoms with Crippen molar-refractivity contribution in [3.05, 3.63) is 23.2 Å². The zero-order valence-electron chi connectivity index (χ0n) is 13.1. The maximum atomic E-state index is 12.3. The summed E-state index contributed by atoms with van der Waals surface area (Å²) in [6, 6.07) is 4.09. The molecule has 1 aromatic carbocycles. The normalized spacial score (nSPS) is 15.4. The highest BCUT2D eigenvalue weighted by Gasteiger charge is 2.23. The molecule has 1 aliphatic carbocycles. The quantitative estimate of drug-likeness (QED) is 0.629. The summed E-state index contributed by atoms with van der Waals surface area (Å²) in [5.74, 6) is -0.185. The molecule has 0 aliphatic heterocycles. The molecule has 134 valence electrons. The lowest BCUT2D eigenvalue weighted by Crippen LogP contribution is -2.32. The standard InChI is InChI=1S/C15H21ClN2O5S/c16-13-9-12(24(21,22)18-11-3-1-2-4-11)5-6-14(13)23-10-15(20)17-7-8-19/h5-6,9,11,18-19H,1-4,7-8,10H2,(H,17,20). The molecule has 1 aliphatic rings. The van der Waals surface area contributed by atoms with E-state index >= 15 is 0 Å². The number of hydrogen-bond donors (Lipinski definition) is 3. The van der Waals surface area contributed by atoms with Gasteiger partial charge in [0.2, 0.25) is 10.0 Å². The number of ether oxygens (including phenoxy) is 1. The number of carbonyl (C=O) groups excluding carboxylic acids is 1. The number of amides is 1. The molecule has 9 heteroatoms. The van der Waals surface area contributed by atoms with Gasteiger partial charge in [-0.15, -0.1) is 0 Å². The number of sulfonamides is 1. The zero-order valence-corrected chi connectivity index (χ0v) is 14.7. The topological polar surface area (TPSA) is 105 Å². The largest absolute Gasteiger partial charge is 0.482 e. The summed E-state index contributed by atoms with van der Waals surface area (Å²) in [6.45, 7) is -0.293. The third-order valence-corrected chi connectivity index (χ3v) is 5.50. The van der Waals surface area contributed by atoms with E-state index in [1.165, 1.54) is 18.2 Å². The SMILES string of the molecule is O=C(COc1ccc(S(=O)(=O)NC2CCCC2)cc1Cl)NCCO. The Bertz CT molecular complexity index is 674. The van der Waals surface area contributed by atoms with Gasteiger partial charge < -0.3 is 15.2 Å². The Morgan fingerprint density at radius 3 is 2.67 bits per heavy atom. The summed E-state index contributed by atoms with van der Waals surface area (Å²) in [5, 5.41) is 11.2. The van der Waals surface area contributed by atoms with Crippen LogP contribution in [0.2, 0.25) is 5.02 Å². The molecular weight excluding hydrogens is 356 g/mol. The van der Waals surface area contributed by atoms with Gasteiger partial charge in [0.1, 0.15) is 5.75 Å². The van der Waals surface area contributed by atoms with Gasteiger partial charge in [-0.2, -0.15) is 0 Å². The minimum Gasteiger partial charge on any atom is -0.482 e. The number of hydrogen-bond acceptors (Lipinski definition) is 5. The van der Waals surface area contributed by atoms with E-state index in [0.717, 1.165) is 25.7 Å². The summed E-state index contributed by atoms with van der Waals surface area (Å²) in [6.07, 6.45) is 3.74. The fraction of sp³-hybridized carbons (Fsp3) is 0.533. The summed E-state index contributed by atoms with van der Waals surface area (Å²) in [5.41, 5.74) is 0. The highest BCUT2D eigenvalue weighted by molar-refractivity contribution is 7.89. The van der Waals surface area contributed by atoms with Crippen LogP contribution in [0.3, 0.4) is 0 Å². The number of aliphatic hydroxyl groups excluding tert-OH is 1. The van der Waals surface area contributed by atoms with Crippen molar-refractivity contribution in [2.75, 3.05) is 19.8 Å². The van der Waals surface area contributed by atoms with Crippen molar-refractivity contribution >= 4 is 27.5 Å². The van der Waals surface area contributed by atoms with Crippen molar-refractivity contribution in [2.45, 2.75) is 36.6 Å². The lowest BCUT2D eigenvalue weighted by atomic mass is 10.3. The van der Waals surface area contributed by atoms with Crippen molar-refractivity contribution < 1.29 is 23.1 Å². The van der Waals surface area contributed by atoms with Gasteiger partial charge in [-0.1, -0.05) is 24.4 Å². The van der Waals surface area contributed by atoms with E-state index in [2.05, 4.69) is 10.0 Å². The number of nitrogens with one attached hydrogen (secondary N) is 2. The molecular formula is C15H21ClN2O5S. The molecule has 0 saturated heterocycles. The van der Waals surface area contributed by atoms with Crippen molar-refractivity contribution in [1.29, 1.82) is 0 Å². The van der Waals surface area contributed by atoms with Crippen LogP contribution in [0.4, 0.5) is 0 Å². The summed E-state index contributed by atoms with van der Waals surface area (Å²) < 4.78 is 32.6. The van der Waals surface area contributed by atoms with E-state index < -0.39 is 15.9 Å². The van der Waals surface area contributed by atoms with Crippen LogP contribution in [-0.2, 0) is 14.8 Å². The average molecular weight is 377 g/mol. The molecule has 0 heterocycles. The van der Waals surface area contributed by atoms with Gasteiger partial charge in [-0.25, -0.2) is 13.1 Å². The minimum absolute atomic E-state index is 0.0278. The Hall–Kier alpha value is -1.35. The molecule has 1 aromatic rings. The second-order valence-corrected chi connectivity index (χ2v) is 7.68. The summed E-state index contributed by atoms with van der Waals surface area (Å²) in [7, 11) is -3.62. The summed E-state index contributed by atoms with van der Waals surface area (Å²) >= 11 is 6.05. The third kappa shape index (κ3) is 5.34. The fourth-order valence-corrected chi connectivity index (χ4v) is 4.12. The molecule has 0 radical (unpaired) electrons. The van der Waals surface area contributed by atoms with Gasteiger partial charge in [0.05, 0.1) is 16.5 Å². The number of carbonyl (C=O) groups is 1. The van der Waals surface area contributed by atoms with E-state index in [0.29, 0.717) is 0 Å². The molecule has 1 saturated carbocycles. The van der Waals surface area contributed by atoms with Gasteiger partial charge >= 0.3 is 0 Å². The van der Waals surface area contributed by atoms with Crippen LogP contribution in [0.1, 0.15) is 25.7 Å². The highest BCUT2D eigenvalue weighted by atomic mass is 35.5. The molecule has 2 rings (SSSR count). The molecule has 0 unspecified atom stereocenters. The number of rotatable bonds is 8. The fourth-order valence-electron chi connectivity index (χ4n) is 2.49. The molecule has 3 N–H and O–H groups in total. The Morgan fingerprint density at radius 1 is 1.33 bits per heavy atom. The smallest absolute Gasteiger partial charge is 0.258 e. The van der Waals surface area contributed by atoms with Crippen molar-refractivity contribution in [2.24, 2.45) is 0 Å². The number of aliphatic hydroxyl groups is 1. The first-order valence-electron chi connectivity index (χ1n) is 7.74. The Balaban J connectivity index is 1.99. The van der Waals surface area contributed by atoms with Gasteiger partial charge in [-0.3, -0.25) is 4.79 Å². The third-order valence-electron chi connectivity index (χ3n) is 3.68. The first-order chi connectivity index (χ1) is 11.4. The van der Waals surface area contributed by atoms with Crippen molar-refractivity contribution in [3.8, 4) is 5.75 Å². The molecule has 1 fully saturated rings. The van der Waals surface area contributed by atoms with E-state index in [4.69, 9.17) is 21.4 Å². The Morgan fingerprint density at radius 2 is 2.04 bits per heavy atom. The maximum absolute atomic E-state index is 12.3. The Kier molecular flexibility index (Phi) is 6.85. The van der Waals surface area contributed by atoms with E-state index in [1.54, 1.807) is 0 Å². The van der Waals surface area contributed by atoms with E-state index in [9.17, 15) is 13.2 Å². The first kappa shape index (κ1) is 19.0. The number of benzene rings is 1.